The monoisotopic (exact) mass is 387 g/mol. The molecule has 0 saturated carbocycles. The third-order valence-electron chi connectivity index (χ3n) is 3.64. The topological polar surface area (TPSA) is 74.7 Å². The van der Waals surface area contributed by atoms with Gasteiger partial charge in [-0.2, -0.15) is 0 Å². The number of hydrogen-bond donors (Lipinski definition) is 1. The van der Waals surface area contributed by atoms with E-state index in [9.17, 15) is 22.0 Å². The van der Waals surface area contributed by atoms with Crippen LogP contribution in [0.5, 0.6) is 0 Å². The highest BCUT2D eigenvalue weighted by Gasteiger charge is 2.46. The zero-order valence-corrected chi connectivity index (χ0v) is 14.0. The van der Waals surface area contributed by atoms with Gasteiger partial charge in [0, 0.05) is 29.1 Å². The predicted molar refractivity (Wildman–Crippen MR) is 81.3 cm³/mol. The molecule has 0 unspecified atom stereocenters. The number of carboxylic acids is 1. The molecule has 0 amide bonds. The molecule has 1 saturated heterocycles. The third kappa shape index (κ3) is 4.32. The lowest BCUT2D eigenvalue weighted by molar-refractivity contribution is -0.144. The van der Waals surface area contributed by atoms with Gasteiger partial charge in [-0.1, -0.05) is 23.2 Å². The van der Waals surface area contributed by atoms with Crippen molar-refractivity contribution in [2.45, 2.75) is 12.2 Å². The molecule has 1 fully saturated rings. The first kappa shape index (κ1) is 18.4. The quantitative estimate of drug-likeness (QED) is 0.842. The Morgan fingerprint density at radius 1 is 1.26 bits per heavy atom. The van der Waals surface area contributed by atoms with Gasteiger partial charge in [-0.15, -0.1) is 0 Å². The van der Waals surface area contributed by atoms with E-state index in [2.05, 4.69) is 0 Å². The predicted octanol–water partition coefficient (Wildman–Crippen LogP) is 2.72. The van der Waals surface area contributed by atoms with Crippen LogP contribution in [0.15, 0.2) is 18.2 Å². The van der Waals surface area contributed by atoms with Crippen molar-refractivity contribution in [2.75, 3.05) is 13.1 Å². The first-order valence-electron chi connectivity index (χ1n) is 6.54. The van der Waals surface area contributed by atoms with Crippen LogP contribution in [0.4, 0.5) is 8.78 Å². The van der Waals surface area contributed by atoms with Gasteiger partial charge < -0.3 is 5.11 Å². The fourth-order valence-electron chi connectivity index (χ4n) is 2.53. The molecule has 1 aliphatic rings. The van der Waals surface area contributed by atoms with E-state index in [0.29, 0.717) is 5.56 Å². The first-order chi connectivity index (χ1) is 10.6. The highest BCUT2D eigenvalue weighted by Crippen LogP contribution is 2.32. The molecule has 0 bridgehead atoms. The highest BCUT2D eigenvalue weighted by atomic mass is 35.5. The summed E-state index contributed by atoms with van der Waals surface area (Å²) in [6.07, 6.45) is -2.91. The number of carboxylic acid groups (broad SMARTS) is 1. The van der Waals surface area contributed by atoms with Crippen LogP contribution in [0.2, 0.25) is 10.0 Å². The number of benzene rings is 1. The van der Waals surface area contributed by atoms with Crippen LogP contribution in [0.3, 0.4) is 0 Å². The second kappa shape index (κ2) is 6.88. The molecule has 0 aromatic heterocycles. The summed E-state index contributed by atoms with van der Waals surface area (Å²) in [5, 5.41) is 9.49. The molecule has 0 spiro atoms. The van der Waals surface area contributed by atoms with Gasteiger partial charge in [-0.05, 0) is 23.8 Å². The van der Waals surface area contributed by atoms with Crippen molar-refractivity contribution < 1.29 is 27.1 Å². The van der Waals surface area contributed by atoms with Crippen LogP contribution in [0, 0.1) is 11.8 Å². The second-order valence-corrected chi connectivity index (χ2v) is 8.14. The molecule has 0 radical (unpaired) electrons. The molecule has 1 N–H and O–H groups in total. The number of hydrogen-bond acceptors (Lipinski definition) is 3. The first-order valence-corrected chi connectivity index (χ1v) is 8.90. The van der Waals surface area contributed by atoms with Crippen LogP contribution < -0.4 is 0 Å². The largest absolute Gasteiger partial charge is 0.481 e. The number of nitrogens with zero attached hydrogens (tertiary/aromatic N) is 1. The fraction of sp³-hybridized carbons (Fsp3) is 0.462. The molecule has 10 heteroatoms. The van der Waals surface area contributed by atoms with Crippen molar-refractivity contribution in [1.29, 1.82) is 0 Å². The van der Waals surface area contributed by atoms with E-state index in [1.807, 2.05) is 0 Å². The van der Waals surface area contributed by atoms with E-state index in [-0.39, 0.29) is 10.0 Å². The average molecular weight is 388 g/mol. The zero-order valence-electron chi connectivity index (χ0n) is 11.6. The summed E-state index contributed by atoms with van der Waals surface area (Å²) in [6.45, 7) is -0.994. The third-order valence-corrected chi connectivity index (χ3v) is 5.86. The average Bonchev–Trinajstić information content (AvgIpc) is 2.82. The maximum absolute atomic E-state index is 12.9. The van der Waals surface area contributed by atoms with Gasteiger partial charge in [0.2, 0.25) is 16.4 Å². The minimum atomic E-state index is -3.96. The highest BCUT2D eigenvalue weighted by molar-refractivity contribution is 7.88. The van der Waals surface area contributed by atoms with Crippen molar-refractivity contribution in [3.05, 3.63) is 33.8 Å². The van der Waals surface area contributed by atoms with Gasteiger partial charge in [0.1, 0.15) is 0 Å². The number of carbonyl (C=O) groups is 1. The Morgan fingerprint density at radius 2 is 1.83 bits per heavy atom. The number of aliphatic carboxylic acids is 1. The van der Waals surface area contributed by atoms with Gasteiger partial charge in [-0.3, -0.25) is 4.79 Å². The van der Waals surface area contributed by atoms with E-state index in [4.69, 9.17) is 28.3 Å². The lowest BCUT2D eigenvalue weighted by Crippen LogP contribution is -2.31. The van der Waals surface area contributed by atoms with Crippen LogP contribution in [-0.2, 0) is 20.6 Å². The summed E-state index contributed by atoms with van der Waals surface area (Å²) in [7, 11) is -3.96. The number of halogens is 4. The maximum Gasteiger partial charge on any atom is 0.308 e. The normalized spacial score (nSPS) is 22.7. The number of sulfonamides is 1. The van der Waals surface area contributed by atoms with Gasteiger partial charge in [0.05, 0.1) is 11.7 Å². The summed E-state index contributed by atoms with van der Waals surface area (Å²) in [6, 6.07) is 4.24. The van der Waals surface area contributed by atoms with E-state index >= 15 is 0 Å². The molecule has 2 atom stereocenters. The van der Waals surface area contributed by atoms with Gasteiger partial charge in [-0.25, -0.2) is 21.5 Å². The van der Waals surface area contributed by atoms with Crippen LogP contribution in [0.1, 0.15) is 5.56 Å². The van der Waals surface area contributed by atoms with Crippen molar-refractivity contribution in [1.82, 2.24) is 4.31 Å². The smallest absolute Gasteiger partial charge is 0.308 e. The molecule has 1 aliphatic heterocycles. The molecule has 1 aromatic rings. The lowest BCUT2D eigenvalue weighted by atomic mass is 9.97. The van der Waals surface area contributed by atoms with E-state index in [1.54, 1.807) is 0 Å². The minimum absolute atomic E-state index is 0.248. The van der Waals surface area contributed by atoms with Gasteiger partial charge >= 0.3 is 5.97 Å². The molecule has 2 rings (SSSR count). The van der Waals surface area contributed by atoms with Crippen LogP contribution in [-0.4, -0.2) is 43.3 Å². The van der Waals surface area contributed by atoms with Crippen LogP contribution >= 0.6 is 23.2 Å². The van der Waals surface area contributed by atoms with Gasteiger partial charge in [0.15, 0.2) is 0 Å². The molecule has 5 nitrogen and oxygen atoms in total. The molecule has 128 valence electrons. The fourth-order valence-corrected chi connectivity index (χ4v) is 4.66. The zero-order chi connectivity index (χ0) is 17.4. The van der Waals surface area contributed by atoms with Crippen molar-refractivity contribution in [3.63, 3.8) is 0 Å². The Labute approximate surface area is 141 Å². The number of alkyl halides is 2. The number of rotatable bonds is 5. The van der Waals surface area contributed by atoms with Crippen molar-refractivity contribution >= 4 is 39.2 Å². The van der Waals surface area contributed by atoms with E-state index in [0.717, 1.165) is 4.31 Å². The Morgan fingerprint density at radius 3 is 2.26 bits per heavy atom. The summed E-state index contributed by atoms with van der Waals surface area (Å²) < 4.78 is 51.4. The van der Waals surface area contributed by atoms with E-state index in [1.165, 1.54) is 18.2 Å². The minimum Gasteiger partial charge on any atom is -0.481 e. The van der Waals surface area contributed by atoms with Crippen LogP contribution in [0.25, 0.3) is 0 Å². The van der Waals surface area contributed by atoms with Gasteiger partial charge in [0.25, 0.3) is 0 Å². The maximum atomic E-state index is 12.9. The molecule has 1 heterocycles. The molecular weight excluding hydrogens is 375 g/mol. The standard InChI is InChI=1S/C13H13Cl2F2NO4S/c14-8-1-7(2-9(15)3-8)6-23(21,22)18-4-10(12(16)17)11(5-18)13(19)20/h1-3,10-12H,4-6H2,(H,19,20)/t10-,11-/m1/s1. The summed E-state index contributed by atoms with van der Waals surface area (Å²) in [5.74, 6) is -4.87. The van der Waals surface area contributed by atoms with Crippen molar-refractivity contribution in [2.24, 2.45) is 11.8 Å². The lowest BCUT2D eigenvalue weighted by Gasteiger charge is -2.16. The Hall–Kier alpha value is -0.960. The summed E-state index contributed by atoms with van der Waals surface area (Å²) in [4.78, 5) is 11.0. The van der Waals surface area contributed by atoms with Crippen molar-refractivity contribution in [3.8, 4) is 0 Å². The molecule has 0 aliphatic carbocycles. The summed E-state index contributed by atoms with van der Waals surface area (Å²) >= 11 is 11.6. The molecule has 1 aromatic carbocycles. The second-order valence-electron chi connectivity index (χ2n) is 5.29. The Balaban J connectivity index is 2.21. The Kier molecular flexibility index (Phi) is 5.50. The SMILES string of the molecule is O=C(O)[C@@H]1CN(S(=O)(=O)Cc2cc(Cl)cc(Cl)c2)C[C@H]1C(F)F. The summed E-state index contributed by atoms with van der Waals surface area (Å²) in [5.41, 5.74) is 0.301. The molecule has 23 heavy (non-hydrogen) atoms. The Bertz CT molecular complexity index is 694. The molecular formula is C13H13Cl2F2NO4S. The van der Waals surface area contributed by atoms with E-state index < -0.39 is 53.1 Å².